The van der Waals surface area contributed by atoms with Crippen LogP contribution < -0.4 is 61.6 Å². The maximum atomic E-state index is 13.2. The van der Waals surface area contributed by atoms with Gasteiger partial charge in [0, 0.05) is 74.4 Å². The SMILES string of the molecule is C.C=C(C)B1OC(C)(C)C(C)(C)O1.C=C(C)c1ccc2c(=O)c3ccc(Cl)c(SC)c3n(CC(=O)OCC)c2n1.CCOC(=O)Cn1c2nc(C3(C)CC3)ccc2c(=O)c2ccc(Cl)c(SC)c21.CCOC(=O)Cn1c2nc(Cl)ccc2c(=O)c2ccc(Cl)c(SC)c21.CN(C)c1c(Cl)ccc2c(=O)c3ccc(C4(C)CC4)nc3n(C[C-]=O)c12.CSc1c(Cl)ccc2c(=O)c3ccc(C4(C)CC4)nc3n(CC(=O)O)c12.[Na+].[OH-]. The van der Waals surface area contributed by atoms with E-state index in [1.54, 1.807) is 135 Å². The number of pyridine rings is 10. The van der Waals surface area contributed by atoms with Gasteiger partial charge in [-0.05, 0) is 253 Å². The van der Waals surface area contributed by atoms with E-state index in [9.17, 15) is 53.1 Å². The van der Waals surface area contributed by atoms with Gasteiger partial charge in [-0.1, -0.05) is 116 Å². The molecule has 2 N–H and O–H groups in total. The number of nitrogens with zero attached hydrogens (tertiary/aromatic N) is 11. The third-order valence-electron chi connectivity index (χ3n) is 26.4. The number of aromatic nitrogens is 10. The first kappa shape index (κ1) is 117. The molecule has 11 heterocycles. The zero-order valence-corrected chi connectivity index (χ0v) is 94.1. The van der Waals surface area contributed by atoms with Crippen LogP contribution in [0, 0.1) is 0 Å². The average molecular weight is 2200 g/mol. The molecule has 0 amide bonds. The van der Waals surface area contributed by atoms with Gasteiger partial charge in [-0.15, -0.1) is 53.6 Å². The van der Waals surface area contributed by atoms with E-state index in [-0.39, 0.29) is 161 Å². The van der Waals surface area contributed by atoms with Crippen LogP contribution in [0.25, 0.3) is 115 Å². The predicted octanol–water partition coefficient (Wildman–Crippen LogP) is 20.4. The maximum Gasteiger partial charge on any atom is 1.00 e. The third kappa shape index (κ3) is 23.9. The zero-order chi connectivity index (χ0) is 105. The molecule has 3 aliphatic carbocycles. The number of fused-ring (bicyclic) bond motifs is 10. The molecule has 1 saturated heterocycles. The van der Waals surface area contributed by atoms with Gasteiger partial charge in [-0.3, -0.25) is 43.2 Å². The smallest absolute Gasteiger partial charge is 0.870 e. The number of carbonyl (C=O) groups is 4. The molecule has 1 aliphatic heterocycles. The van der Waals surface area contributed by atoms with Crippen LogP contribution in [0.4, 0.5) is 5.69 Å². The number of esters is 3. The summed E-state index contributed by atoms with van der Waals surface area (Å²) in [6, 6.07) is 34.8. The fourth-order valence-corrected chi connectivity index (χ4v) is 21.9. The number of rotatable bonds is 23. The number of hydrogen-bond donors (Lipinski definition) is 1. The van der Waals surface area contributed by atoms with Crippen LogP contribution in [0.2, 0.25) is 30.3 Å². The summed E-state index contributed by atoms with van der Waals surface area (Å²) in [5.41, 5.74) is 9.94. The topological polar surface area (TPSA) is 359 Å². The first-order valence-electron chi connectivity index (χ1n) is 46.2. The van der Waals surface area contributed by atoms with Gasteiger partial charge in [-0.2, -0.15) is 0 Å². The summed E-state index contributed by atoms with van der Waals surface area (Å²) in [6.07, 6.45) is 15.8. The Morgan fingerprint density at radius 3 is 0.966 bits per heavy atom. The molecule has 3 saturated carbocycles. The van der Waals surface area contributed by atoms with E-state index >= 15 is 0 Å². The third-order valence-corrected chi connectivity index (χ3v) is 31.9. The summed E-state index contributed by atoms with van der Waals surface area (Å²) in [5.74, 6) is -2.19. The zero-order valence-electron chi connectivity index (χ0n) is 84.3. The number of ether oxygens (including phenoxy) is 3. The molecule has 0 unspecified atom stereocenters. The standard InChI is InChI=1S/C21H21ClN2O3S.C20H19ClN3O2.C20H19ClN2O3S.C19H17ClN2O3S.C17H14Cl2N2O3S.C9H17BO2.CH4.Na.H2O/c1-4-27-16(25)11-24-17-12(5-7-14(22)19(17)28-3)18(26)13-6-8-15(23-20(13)24)21(2)9-10-21;1-20(8-9-20)15-7-5-13-18(26)12-4-6-14(21)17(23(2)3)16(12)24(10-11-25)19(13)22-15;1-5-26-16(24)10-23-17-12(6-8-14(21)19(17)27-4)18(25)13-7-9-15(11(2)3)22-20(13)23;1-19(7-8-19)13-6-4-11-16(25)10-3-5-12(20)17(26-2)15(10)22(9-14(23)24)18(11)21-13;1-3-24-13(22)8-21-14-9(4-6-11(18)16(14)25-2)15(23)10-5-7-12(19)20-17(10)21;1-7(2)10-11-8(3,4)9(5,6)12-10;;;/h5-8H,4,9-11H2,1-3H3;4-7H,8-10H2,1-3H3;6-9H,2,5,10H2,1,3-4H3;3-6H,7-9H2,1-2H3,(H,23,24);4-7H,3,8H2,1-2H3;1H2,2-6H3;1H4;;1H2/q;-1;;;;;;+1;/p-1. The molecule has 10 aromatic heterocycles. The summed E-state index contributed by atoms with van der Waals surface area (Å²) in [6.45, 7) is 31.7. The monoisotopic (exact) mass is 2190 g/mol. The van der Waals surface area contributed by atoms with Crippen molar-refractivity contribution >= 4 is 275 Å². The van der Waals surface area contributed by atoms with Crippen molar-refractivity contribution in [3.63, 3.8) is 0 Å². The molecule has 0 spiro atoms. The van der Waals surface area contributed by atoms with Crippen molar-refractivity contribution < 1.29 is 87.6 Å². The number of carbonyl (C=O) groups excluding carboxylic acids is 4. The Labute approximate surface area is 918 Å². The average Bonchev–Trinajstić information content (AvgIpc) is 1.54. The van der Waals surface area contributed by atoms with Crippen LogP contribution in [0.1, 0.15) is 152 Å². The number of anilines is 1. The van der Waals surface area contributed by atoms with E-state index in [2.05, 4.69) is 43.9 Å². The minimum absolute atomic E-state index is 0. The Morgan fingerprint density at radius 1 is 0.422 bits per heavy atom. The van der Waals surface area contributed by atoms with Gasteiger partial charge in [0.25, 0.3) is 0 Å². The van der Waals surface area contributed by atoms with Gasteiger partial charge in [0.2, 0.25) is 0 Å². The van der Waals surface area contributed by atoms with E-state index in [0.717, 1.165) is 76.4 Å². The summed E-state index contributed by atoms with van der Waals surface area (Å²) < 4.78 is 35.3. The van der Waals surface area contributed by atoms with Gasteiger partial charge < -0.3 is 66.6 Å². The quantitative estimate of drug-likeness (QED) is 0.0118. The van der Waals surface area contributed by atoms with Gasteiger partial charge >= 0.3 is 60.6 Å². The van der Waals surface area contributed by atoms with Crippen molar-refractivity contribution in [1.29, 1.82) is 0 Å². The second-order valence-electron chi connectivity index (χ2n) is 37.3. The number of carboxylic acids is 1. The number of aliphatic carboxylic acids is 1. The molecule has 5 aromatic carbocycles. The fourth-order valence-electron chi connectivity index (χ4n) is 17.2. The Kier molecular flexibility index (Phi) is 38.1. The number of carboxylic acid groups (broad SMARTS) is 1. The largest absolute Gasteiger partial charge is 1.00 e. The van der Waals surface area contributed by atoms with E-state index in [1.807, 2.05) is 122 Å². The Balaban J connectivity index is 0.000000169. The summed E-state index contributed by atoms with van der Waals surface area (Å²) >= 11 is 43.5. The van der Waals surface area contributed by atoms with Crippen molar-refractivity contribution in [3.05, 3.63) is 244 Å². The number of benzene rings is 5. The Morgan fingerprint density at radius 2 is 0.694 bits per heavy atom. The second-order valence-corrected chi connectivity index (χ2v) is 43.0. The van der Waals surface area contributed by atoms with Crippen molar-refractivity contribution in [1.82, 2.24) is 47.8 Å². The molecule has 0 atom stereocenters. The number of hydrogen-bond acceptors (Lipinski definition) is 26. The van der Waals surface area contributed by atoms with Crippen molar-refractivity contribution in [3.8, 4) is 0 Å². The summed E-state index contributed by atoms with van der Waals surface area (Å²) in [7, 11) is 3.48. The molecule has 15 aromatic rings. The Bertz CT molecular complexity index is 8160. The minimum atomic E-state index is -0.992. The molecular formula is C107H112BCl6N11NaO17S4-. The molecule has 40 heteroatoms. The van der Waals surface area contributed by atoms with Crippen LogP contribution in [0.15, 0.2) is 184 Å². The van der Waals surface area contributed by atoms with Crippen LogP contribution in [-0.2, 0) is 96.5 Å². The van der Waals surface area contributed by atoms with Crippen molar-refractivity contribution in [2.45, 2.75) is 209 Å². The number of thioether (sulfide) groups is 4. The summed E-state index contributed by atoms with van der Waals surface area (Å²) in [4.78, 5) is 153. The molecule has 0 radical (unpaired) electrons. The molecular weight excluding hydrogens is 2090 g/mol. The molecule has 4 fully saturated rings. The minimum Gasteiger partial charge on any atom is -0.870 e. The van der Waals surface area contributed by atoms with Crippen LogP contribution in [-0.4, -0.2) is 166 Å². The predicted molar refractivity (Wildman–Crippen MR) is 596 cm³/mol. The fraction of sp³-hybridized carbons (Fsp3) is 0.355. The van der Waals surface area contributed by atoms with E-state index < -0.39 is 17.9 Å². The van der Waals surface area contributed by atoms with Crippen LogP contribution in [0.5, 0.6) is 0 Å². The van der Waals surface area contributed by atoms with Crippen LogP contribution in [0.3, 0.4) is 0 Å². The van der Waals surface area contributed by atoms with Gasteiger partial charge in [0.15, 0.2) is 27.1 Å². The molecule has 768 valence electrons. The van der Waals surface area contributed by atoms with Crippen LogP contribution >= 0.6 is 117 Å². The molecule has 19 rings (SSSR count). The van der Waals surface area contributed by atoms with Crippen molar-refractivity contribution in [2.75, 3.05) is 63.8 Å². The van der Waals surface area contributed by atoms with E-state index in [1.165, 1.54) is 47.0 Å². The van der Waals surface area contributed by atoms with Gasteiger partial charge in [-0.25, -0.2) is 31.2 Å². The number of allylic oxidation sites excluding steroid dienone is 2. The van der Waals surface area contributed by atoms with Gasteiger partial charge in [0.1, 0.15) is 59.6 Å². The molecule has 0 bridgehead atoms. The second kappa shape index (κ2) is 47.8. The van der Waals surface area contributed by atoms with Crippen molar-refractivity contribution in [2.24, 2.45) is 0 Å². The maximum absolute atomic E-state index is 13.2. The van der Waals surface area contributed by atoms with E-state index in [4.69, 9.17) is 108 Å². The first-order chi connectivity index (χ1) is 68.2. The Hall–Kier alpha value is -9.89. The number of halogens is 6. The molecule has 28 nitrogen and oxygen atoms in total. The summed E-state index contributed by atoms with van der Waals surface area (Å²) in [5, 5.41) is 17.0. The van der Waals surface area contributed by atoms with Gasteiger partial charge in [0.05, 0.1) is 142 Å². The molecule has 4 aliphatic rings. The molecule has 147 heavy (non-hydrogen) atoms. The first-order valence-corrected chi connectivity index (χ1v) is 53.4. The normalized spacial score (nSPS) is 14.4. The van der Waals surface area contributed by atoms with E-state index in [0.29, 0.717) is 163 Å².